The number of esters is 1. The first-order chi connectivity index (χ1) is 16.2. The molecule has 4 rings (SSSR count). The van der Waals surface area contributed by atoms with Gasteiger partial charge in [0.25, 0.3) is 5.69 Å². The molecule has 2 aliphatic rings. The predicted octanol–water partition coefficient (Wildman–Crippen LogP) is 2.84. The summed E-state index contributed by atoms with van der Waals surface area (Å²) in [4.78, 5) is 50.3. The van der Waals surface area contributed by atoms with Gasteiger partial charge in [-0.15, -0.1) is 11.8 Å². The summed E-state index contributed by atoms with van der Waals surface area (Å²) in [5, 5.41) is 13.3. The van der Waals surface area contributed by atoms with Crippen LogP contribution in [0.5, 0.6) is 0 Å². The largest absolute Gasteiger partial charge is 0.459 e. The number of β-lactam (4-membered cyclic amide) rings is 1. The maximum Gasteiger partial charge on any atom is 0.330 e. The number of nitrogens with one attached hydrogen (secondary N) is 1. The van der Waals surface area contributed by atoms with Gasteiger partial charge in [0.05, 0.1) is 14.8 Å². The van der Waals surface area contributed by atoms with Crippen molar-refractivity contribution in [2.45, 2.75) is 40.8 Å². The number of nitrogens with zero attached hydrogens (tertiary/aromatic N) is 2. The van der Waals surface area contributed by atoms with Crippen LogP contribution in [0.15, 0.2) is 54.6 Å². The van der Waals surface area contributed by atoms with Crippen molar-refractivity contribution in [3.05, 3.63) is 75.8 Å². The smallest absolute Gasteiger partial charge is 0.330 e. The number of ether oxygens (including phenoxy) is 1. The molecule has 2 amide bonds. The van der Waals surface area contributed by atoms with E-state index in [4.69, 9.17) is 4.74 Å². The standard InChI is InChI=1S/C23H22IN3O6S/c1-23(24)13-34-21-18(25-17(28)11-14-5-3-2-4-6-14)20(29)26(21)19(23)22(30)33-12-15-7-9-16(10-8-15)27(31)32/h2-10,18-19,21H,11-13H2,1H3,(H,25,28)/t18?,19?,21-,23?/m0/s1. The van der Waals surface area contributed by atoms with Crippen LogP contribution in [0, 0.1) is 10.1 Å². The third kappa shape index (κ3) is 5.04. The highest BCUT2D eigenvalue weighted by Gasteiger charge is 2.61. The van der Waals surface area contributed by atoms with Crippen LogP contribution in [0.4, 0.5) is 5.69 Å². The SMILES string of the molecule is CC1(I)CS[C@H]2C(NC(=O)Cc3ccccc3)C(=O)N2C1C(=O)OCc1ccc([N+](=O)[O-])cc1. The van der Waals surface area contributed by atoms with Crippen molar-refractivity contribution in [2.75, 3.05) is 5.75 Å². The van der Waals surface area contributed by atoms with Crippen molar-refractivity contribution < 1.29 is 24.0 Å². The lowest BCUT2D eigenvalue weighted by molar-refractivity contribution is -0.384. The Morgan fingerprint density at radius 3 is 2.53 bits per heavy atom. The molecule has 0 bridgehead atoms. The number of carbonyl (C=O) groups is 3. The summed E-state index contributed by atoms with van der Waals surface area (Å²) >= 11 is 3.70. The molecule has 4 atom stereocenters. The number of alkyl halides is 1. The Hall–Kier alpha value is -2.67. The molecule has 2 heterocycles. The molecular formula is C23H22IN3O6S. The number of nitro groups is 1. The van der Waals surface area contributed by atoms with Crippen LogP contribution in [0.3, 0.4) is 0 Å². The number of carbonyl (C=O) groups excluding carboxylic acids is 3. The lowest BCUT2D eigenvalue weighted by atomic mass is 9.94. The average molecular weight is 595 g/mol. The molecule has 3 unspecified atom stereocenters. The van der Waals surface area contributed by atoms with Gasteiger partial charge in [-0.05, 0) is 30.2 Å². The van der Waals surface area contributed by atoms with Gasteiger partial charge in [-0.25, -0.2) is 4.79 Å². The maximum atomic E-state index is 13.0. The van der Waals surface area contributed by atoms with Gasteiger partial charge >= 0.3 is 5.97 Å². The maximum absolute atomic E-state index is 13.0. The number of hydrogen-bond donors (Lipinski definition) is 1. The van der Waals surface area contributed by atoms with Crippen molar-refractivity contribution >= 4 is 57.8 Å². The molecule has 0 spiro atoms. The second-order valence-electron chi connectivity index (χ2n) is 8.37. The summed E-state index contributed by atoms with van der Waals surface area (Å²) in [5.41, 5.74) is 1.41. The number of thioether (sulfide) groups is 1. The summed E-state index contributed by atoms with van der Waals surface area (Å²) < 4.78 is 4.94. The molecule has 0 saturated carbocycles. The molecule has 0 aliphatic carbocycles. The van der Waals surface area contributed by atoms with E-state index in [0.29, 0.717) is 11.3 Å². The first-order valence-corrected chi connectivity index (χ1v) is 12.7. The Morgan fingerprint density at radius 1 is 1.21 bits per heavy atom. The third-order valence-electron chi connectivity index (χ3n) is 5.74. The lowest BCUT2D eigenvalue weighted by Crippen LogP contribution is -2.78. The molecule has 2 saturated heterocycles. The Kier molecular flexibility index (Phi) is 7.12. The molecule has 2 aliphatic heterocycles. The minimum Gasteiger partial charge on any atom is -0.459 e. The fraction of sp³-hybridized carbons (Fsp3) is 0.348. The summed E-state index contributed by atoms with van der Waals surface area (Å²) in [6.45, 7) is 1.83. The molecule has 1 N–H and O–H groups in total. The molecule has 0 radical (unpaired) electrons. The van der Waals surface area contributed by atoms with Crippen LogP contribution in [0.1, 0.15) is 18.1 Å². The fourth-order valence-corrected chi connectivity index (χ4v) is 6.51. The van der Waals surface area contributed by atoms with E-state index in [1.807, 2.05) is 37.3 Å². The Balaban J connectivity index is 1.39. The highest BCUT2D eigenvalue weighted by atomic mass is 127. The molecule has 0 aromatic heterocycles. The number of fused-ring (bicyclic) bond motifs is 1. The molecule has 2 aromatic rings. The highest BCUT2D eigenvalue weighted by molar-refractivity contribution is 14.1. The van der Waals surface area contributed by atoms with Crippen LogP contribution in [0.25, 0.3) is 0 Å². The van der Waals surface area contributed by atoms with E-state index < -0.39 is 26.4 Å². The normalized spacial score (nSPS) is 25.6. The van der Waals surface area contributed by atoms with Crippen LogP contribution >= 0.6 is 34.4 Å². The molecule has 2 fully saturated rings. The minimum atomic E-state index is -0.799. The summed E-state index contributed by atoms with van der Waals surface area (Å²) in [6, 6.07) is 13.5. The van der Waals surface area contributed by atoms with Gasteiger partial charge in [0.1, 0.15) is 24.1 Å². The van der Waals surface area contributed by atoms with E-state index >= 15 is 0 Å². The Morgan fingerprint density at radius 2 is 1.88 bits per heavy atom. The van der Waals surface area contributed by atoms with Crippen LogP contribution in [0.2, 0.25) is 0 Å². The van der Waals surface area contributed by atoms with Gasteiger partial charge in [-0.2, -0.15) is 0 Å². The Bertz CT molecular complexity index is 1110. The van der Waals surface area contributed by atoms with Gasteiger partial charge < -0.3 is 15.0 Å². The summed E-state index contributed by atoms with van der Waals surface area (Å²) in [6.07, 6.45) is 0.173. The van der Waals surface area contributed by atoms with Crippen LogP contribution in [-0.4, -0.2) is 54.2 Å². The van der Waals surface area contributed by atoms with Gasteiger partial charge in [-0.1, -0.05) is 52.9 Å². The lowest BCUT2D eigenvalue weighted by Gasteiger charge is -2.56. The van der Waals surface area contributed by atoms with Crippen LogP contribution < -0.4 is 5.32 Å². The zero-order chi connectivity index (χ0) is 24.5. The summed E-state index contributed by atoms with van der Waals surface area (Å²) in [7, 11) is 0. The molecule has 178 valence electrons. The molecule has 34 heavy (non-hydrogen) atoms. The number of halogens is 1. The number of nitro benzene ring substituents is 1. The zero-order valence-corrected chi connectivity index (χ0v) is 21.2. The molecule has 9 nitrogen and oxygen atoms in total. The van der Waals surface area contributed by atoms with E-state index in [1.165, 1.54) is 40.9 Å². The van der Waals surface area contributed by atoms with Gasteiger partial charge in [0.15, 0.2) is 0 Å². The number of non-ortho nitro benzene ring substituents is 1. The Labute approximate surface area is 213 Å². The van der Waals surface area contributed by atoms with Crippen molar-refractivity contribution in [3.63, 3.8) is 0 Å². The van der Waals surface area contributed by atoms with Crippen molar-refractivity contribution in [2.24, 2.45) is 0 Å². The number of amides is 2. The first kappa shape index (κ1) is 24.5. The van der Waals surface area contributed by atoms with Crippen molar-refractivity contribution in [1.29, 1.82) is 0 Å². The molecule has 11 heteroatoms. The topological polar surface area (TPSA) is 119 Å². The quantitative estimate of drug-likeness (QED) is 0.131. The highest BCUT2D eigenvalue weighted by Crippen LogP contribution is 2.46. The minimum absolute atomic E-state index is 0.0476. The van der Waals surface area contributed by atoms with Gasteiger partial charge in [0.2, 0.25) is 11.8 Å². The first-order valence-electron chi connectivity index (χ1n) is 10.5. The zero-order valence-electron chi connectivity index (χ0n) is 18.2. The fourth-order valence-electron chi connectivity index (χ4n) is 4.00. The predicted molar refractivity (Wildman–Crippen MR) is 134 cm³/mol. The second-order valence-corrected chi connectivity index (χ2v) is 11.9. The third-order valence-corrected chi connectivity index (χ3v) is 8.84. The average Bonchev–Trinajstić information content (AvgIpc) is 2.81. The van der Waals surface area contributed by atoms with Crippen LogP contribution in [-0.2, 0) is 32.1 Å². The van der Waals surface area contributed by atoms with E-state index in [-0.39, 0.29) is 35.9 Å². The van der Waals surface area contributed by atoms with E-state index in [9.17, 15) is 24.5 Å². The van der Waals surface area contributed by atoms with Gasteiger partial charge in [0, 0.05) is 17.9 Å². The van der Waals surface area contributed by atoms with Crippen molar-refractivity contribution in [1.82, 2.24) is 10.2 Å². The van der Waals surface area contributed by atoms with Crippen molar-refractivity contribution in [3.8, 4) is 0 Å². The molecular weight excluding hydrogens is 573 g/mol. The molecule has 2 aromatic carbocycles. The van der Waals surface area contributed by atoms with E-state index in [0.717, 1.165) is 5.56 Å². The second kappa shape index (κ2) is 9.90. The van der Waals surface area contributed by atoms with Gasteiger partial charge in [-0.3, -0.25) is 19.7 Å². The monoisotopic (exact) mass is 595 g/mol. The summed E-state index contributed by atoms with van der Waals surface area (Å²) in [5.74, 6) is -0.490. The number of hydrogen-bond acceptors (Lipinski definition) is 7. The van der Waals surface area contributed by atoms with E-state index in [1.54, 1.807) is 0 Å². The number of rotatable bonds is 7. The van der Waals surface area contributed by atoms with E-state index in [2.05, 4.69) is 27.9 Å². The number of benzene rings is 2.